The van der Waals surface area contributed by atoms with E-state index in [1.165, 1.54) is 7.11 Å². The molecule has 10 aromatic carbocycles. The van der Waals surface area contributed by atoms with Crippen LogP contribution in [-0.2, 0) is 19.1 Å². The van der Waals surface area contributed by atoms with E-state index in [4.69, 9.17) is 67.8 Å². The van der Waals surface area contributed by atoms with Gasteiger partial charge in [0.2, 0.25) is 29.3 Å². The first kappa shape index (κ1) is 97.4. The Balaban J connectivity index is 0.000000119. The number of nitrogens with one attached hydrogen (secondary N) is 15. The number of anilines is 5. The van der Waals surface area contributed by atoms with Gasteiger partial charge in [0.25, 0.3) is 27.8 Å². The van der Waals surface area contributed by atoms with E-state index in [0.717, 1.165) is 98.7 Å². The van der Waals surface area contributed by atoms with Crippen molar-refractivity contribution in [3.8, 4) is 113 Å². The number of H-pyrrole nitrogens is 10. The second-order valence-corrected chi connectivity index (χ2v) is 35.1. The number of nitrogens with zero attached hydrogens (tertiary/aromatic N) is 10. The highest BCUT2D eigenvalue weighted by Gasteiger charge is 2.30. The van der Waals surface area contributed by atoms with Crippen molar-refractivity contribution in [3.63, 3.8) is 0 Å². The van der Waals surface area contributed by atoms with Gasteiger partial charge in [-0.3, -0.25) is 75.0 Å². The minimum atomic E-state index is -1.37. The largest absolute Gasteiger partial charge is 0.465 e. The number of hydrogen-bond donors (Lipinski definition) is 16. The van der Waals surface area contributed by atoms with Crippen LogP contribution < -0.4 is 54.4 Å². The fourth-order valence-corrected chi connectivity index (χ4v) is 17.6. The minimum Gasteiger partial charge on any atom is -0.465 e. The van der Waals surface area contributed by atoms with Crippen molar-refractivity contribution < 1.29 is 38.6 Å². The van der Waals surface area contributed by atoms with Gasteiger partial charge in [0, 0.05) is 94.9 Å². The summed E-state index contributed by atoms with van der Waals surface area (Å²) in [4.78, 5) is 158. The third-order valence-electron chi connectivity index (χ3n) is 23.3. The lowest BCUT2D eigenvalue weighted by Gasteiger charge is -2.14. The van der Waals surface area contributed by atoms with Crippen molar-refractivity contribution in [1.82, 2.24) is 101 Å². The molecule has 726 valence electrons. The molecular formula is C102H80Cl5N25O13. The molecule has 0 atom stereocenters. The zero-order chi connectivity index (χ0) is 101. The molecule has 38 nitrogen and oxygen atoms in total. The molecule has 0 spiro atoms. The Morgan fingerprint density at radius 3 is 0.848 bits per heavy atom. The first-order valence-corrected chi connectivity index (χ1v) is 46.8. The van der Waals surface area contributed by atoms with Crippen LogP contribution in [-0.4, -0.2) is 150 Å². The van der Waals surface area contributed by atoms with Crippen molar-refractivity contribution in [2.75, 3.05) is 40.3 Å². The molecule has 145 heavy (non-hydrogen) atoms. The van der Waals surface area contributed by atoms with Gasteiger partial charge in [-0.1, -0.05) is 223 Å². The number of carbonyl (C=O) groups is 5. The Bertz CT molecular complexity index is 8650. The maximum atomic E-state index is 12.9. The lowest BCUT2D eigenvalue weighted by atomic mass is 10.0. The summed E-state index contributed by atoms with van der Waals surface area (Å²) in [6.45, 7) is 1.85. The third-order valence-corrected chi connectivity index (χ3v) is 24.8. The number of rotatable bonds is 19. The van der Waals surface area contributed by atoms with Crippen molar-refractivity contribution in [3.05, 3.63) is 320 Å². The second-order valence-electron chi connectivity index (χ2n) is 33.0. The van der Waals surface area contributed by atoms with E-state index in [2.05, 4.69) is 127 Å². The molecule has 0 saturated heterocycles. The number of halogens is 5. The molecule has 0 unspecified atom stereocenters. The number of methoxy groups -OCH3 is 1. The molecule has 2 saturated carbocycles. The number of amides is 5. The number of benzene rings is 10. The van der Waals surface area contributed by atoms with Crippen molar-refractivity contribution >= 4 is 172 Å². The van der Waals surface area contributed by atoms with E-state index in [1.54, 1.807) is 68.2 Å². The summed E-state index contributed by atoms with van der Waals surface area (Å²) in [7, 11) is 1.21. The van der Waals surface area contributed by atoms with Gasteiger partial charge in [0.1, 0.15) is 0 Å². The lowest BCUT2D eigenvalue weighted by molar-refractivity contribution is -0.119. The SMILES string of the molecule is CCOC(=O)Nc1nc(-c2ccccc2)c(-c2cc(Cl)c3[nH]ncc3c2)[nH]c1=O.COC(=O)Nc1nc(-c2ccccc2)c(-c2cc(Cl)c3[nH]ncc3c2)[nH]c1=O.O=C(CC1CC1)Nc1nc(-c2ccccc2)c(-c2cc(Cl)c3[nH]ncc3c2)[nH]c1=O.O=C(Nc1nc(-c2ccccc2)c(-c2cc(Cl)c3[nH]ncc3c2)[nH]c1=O)C1CCCC1.O=C(O)Nc1nc(-c2ccccc2)c(-c2cc(Cl)c3[nH]ncc3c2)[nH]c1=O. The zero-order valence-corrected chi connectivity index (χ0v) is 79.9. The molecule has 0 aliphatic heterocycles. The lowest BCUT2D eigenvalue weighted by Crippen LogP contribution is -2.26. The van der Waals surface area contributed by atoms with Crippen molar-refractivity contribution in [2.24, 2.45) is 11.8 Å². The molecule has 10 aromatic heterocycles. The number of fused-ring (bicyclic) bond motifs is 5. The molecule has 2 aliphatic rings. The van der Waals surface area contributed by atoms with Crippen LogP contribution in [0.2, 0.25) is 25.1 Å². The van der Waals surface area contributed by atoms with Crippen LogP contribution in [0.4, 0.5) is 43.5 Å². The number of carbonyl (C=O) groups excluding carboxylic acids is 4. The Morgan fingerprint density at radius 1 is 0.338 bits per heavy atom. The molecular weight excluding hydrogens is 1960 g/mol. The first-order valence-electron chi connectivity index (χ1n) is 44.9. The normalized spacial score (nSPS) is 12.1. The van der Waals surface area contributed by atoms with E-state index in [-0.39, 0.29) is 53.4 Å². The fraction of sp³-hybridized carbons (Fsp3) is 0.118. The predicted molar refractivity (Wildman–Crippen MR) is 557 cm³/mol. The molecule has 22 rings (SSSR count). The molecule has 5 amide bonds. The van der Waals surface area contributed by atoms with E-state index in [0.29, 0.717) is 144 Å². The van der Waals surface area contributed by atoms with Crippen LogP contribution in [0.25, 0.3) is 167 Å². The standard InChI is InChI=1S/C23H20ClN5O2.C22H18ClN5O2.C20H16ClN5O3.C19H14ClN5O3.C18H12ClN5O3/c24-17-11-15(10-16-12-25-29-18(16)17)20-19(13-6-2-1-3-7-13)26-21(23(31)27-20)28-22(30)14-8-4-5-9-14;23-16-10-14(9-15-11-24-28-18(15)16)20-19(13-4-2-1-3-5-13)26-21(22(30)27-20)25-17(29)8-12-6-7-12;1-2-29-20(28)25-18-19(27)24-17(16(23-18)11-6-4-3-5-7-11)12-8-13-10-22-26-15(13)14(21)9-12;1-28-19(27)24-17-18(26)23-16(15(22-17)10-5-3-2-4-6-10)11-7-12-9-21-25-14(12)13(20)8-11;19-12-7-10(6-11-8-20-24-13(11)12)15-14(9-4-2-1-3-5-9)21-16(17(25)22-15)23-18(26)27/h1-3,6-7,10-12,14H,4-5,8-9H2,(H,25,29)(H,27,31)(H,26,28,30);1-5,9-12H,6-8H2,(H,24,28)(H,27,30)(H,25,26,29);3-10H,2H2,1H3,(H,22,26)(H,24,27)(H,23,25,28);2-9H,1H3,(H,21,25)(H,23,26)(H,22,24,27);1-8H,(H,20,24)(H,21,23)(H,22,25)(H,26,27). The summed E-state index contributed by atoms with van der Waals surface area (Å²) >= 11 is 31.9. The summed E-state index contributed by atoms with van der Waals surface area (Å²) in [5, 5.41) is 61.6. The van der Waals surface area contributed by atoms with Gasteiger partial charge < -0.3 is 50.1 Å². The van der Waals surface area contributed by atoms with Crippen LogP contribution in [0.1, 0.15) is 51.9 Å². The van der Waals surface area contributed by atoms with E-state index in [1.807, 2.05) is 187 Å². The Labute approximate surface area is 842 Å². The van der Waals surface area contributed by atoms with Gasteiger partial charge in [-0.15, -0.1) is 0 Å². The van der Waals surface area contributed by atoms with Gasteiger partial charge in [-0.2, -0.15) is 25.5 Å². The second kappa shape index (κ2) is 43.5. The van der Waals surface area contributed by atoms with E-state index < -0.39 is 46.1 Å². The molecule has 16 N–H and O–H groups in total. The van der Waals surface area contributed by atoms with Crippen LogP contribution >= 0.6 is 58.0 Å². The highest BCUT2D eigenvalue weighted by molar-refractivity contribution is 6.37. The molecule has 10 heterocycles. The Morgan fingerprint density at radius 2 is 0.593 bits per heavy atom. The Kier molecular flexibility index (Phi) is 29.2. The van der Waals surface area contributed by atoms with Crippen molar-refractivity contribution in [2.45, 2.75) is 51.9 Å². The smallest absolute Gasteiger partial charge is 0.412 e. The first-order chi connectivity index (χ1) is 70.3. The maximum Gasteiger partial charge on any atom is 0.412 e. The summed E-state index contributed by atoms with van der Waals surface area (Å²) in [6.07, 6.45) is 11.6. The van der Waals surface area contributed by atoms with Gasteiger partial charge in [-0.25, -0.2) is 39.3 Å². The number of ether oxygens (including phenoxy) is 2. The van der Waals surface area contributed by atoms with Gasteiger partial charge >= 0.3 is 18.3 Å². The van der Waals surface area contributed by atoms with E-state index >= 15 is 0 Å². The topological polar surface area (TPSA) is 556 Å². The van der Waals surface area contributed by atoms with Gasteiger partial charge in [0.05, 0.1) is 154 Å². The molecule has 2 fully saturated rings. The average Bonchev–Trinajstić information content (AvgIpc) is 1.77. The number of aromatic amines is 10. The van der Waals surface area contributed by atoms with Gasteiger partial charge in [-0.05, 0) is 99.2 Å². The van der Waals surface area contributed by atoms with Gasteiger partial charge in [0.15, 0.2) is 11.6 Å². The number of carboxylic acid groups (broad SMARTS) is 1. The van der Waals surface area contributed by atoms with Crippen LogP contribution in [0.5, 0.6) is 0 Å². The Hall–Kier alpha value is -17.9. The van der Waals surface area contributed by atoms with Crippen LogP contribution in [0, 0.1) is 11.8 Å². The minimum absolute atomic E-state index is 0.00117. The maximum absolute atomic E-state index is 12.9. The summed E-state index contributed by atoms with van der Waals surface area (Å²) in [5.41, 5.74) is 12.9. The fourth-order valence-electron chi connectivity index (χ4n) is 16.2. The molecule has 43 heteroatoms. The summed E-state index contributed by atoms with van der Waals surface area (Å²) in [6, 6.07) is 64.6. The molecule has 0 radical (unpaired) electrons. The predicted octanol–water partition coefficient (Wildman–Crippen LogP) is 20.9. The highest BCUT2D eigenvalue weighted by Crippen LogP contribution is 2.42. The monoisotopic (exact) mass is 2040 g/mol. The quantitative estimate of drug-likeness (QED) is 0.0357. The highest BCUT2D eigenvalue weighted by atomic mass is 35.5. The van der Waals surface area contributed by atoms with Crippen molar-refractivity contribution in [1.29, 1.82) is 0 Å². The molecule has 20 aromatic rings. The summed E-state index contributed by atoms with van der Waals surface area (Å²) < 4.78 is 9.40. The number of hydrogen-bond acceptors (Lipinski definition) is 22. The average molecular weight is 2040 g/mol. The zero-order valence-electron chi connectivity index (χ0n) is 76.1. The molecule has 2 aliphatic carbocycles. The third kappa shape index (κ3) is 22.3. The summed E-state index contributed by atoms with van der Waals surface area (Å²) in [5.74, 6) is -0.597. The number of aromatic nitrogens is 20. The van der Waals surface area contributed by atoms with E-state index in [9.17, 15) is 47.9 Å². The van der Waals surface area contributed by atoms with Crippen LogP contribution in [0.3, 0.4) is 0 Å². The molecule has 0 bridgehead atoms. The van der Waals surface area contributed by atoms with Crippen LogP contribution in [0.15, 0.2) is 267 Å².